The Morgan fingerprint density at radius 3 is 2.70 bits per heavy atom. The smallest absolute Gasteiger partial charge is 0.257 e. The van der Waals surface area contributed by atoms with Gasteiger partial charge in [-0.2, -0.15) is 0 Å². The van der Waals surface area contributed by atoms with Gasteiger partial charge in [0.25, 0.3) is 5.91 Å². The van der Waals surface area contributed by atoms with Crippen molar-refractivity contribution in [2.45, 2.75) is 0 Å². The molecule has 0 unspecified atom stereocenters. The van der Waals surface area contributed by atoms with Crippen LogP contribution in [0.3, 0.4) is 0 Å². The van der Waals surface area contributed by atoms with Crippen LogP contribution in [0.1, 0.15) is 10.4 Å². The fourth-order valence-electron chi connectivity index (χ4n) is 1.94. The van der Waals surface area contributed by atoms with E-state index < -0.39 is 0 Å². The summed E-state index contributed by atoms with van der Waals surface area (Å²) in [6.45, 7) is 0.117. The van der Waals surface area contributed by atoms with E-state index in [0.717, 1.165) is 0 Å². The summed E-state index contributed by atoms with van der Waals surface area (Å²) < 4.78 is 10.4. The van der Waals surface area contributed by atoms with Gasteiger partial charge < -0.3 is 25.6 Å². The second-order valence-corrected chi connectivity index (χ2v) is 4.30. The Hall–Kier alpha value is -2.89. The highest BCUT2D eigenvalue weighted by Gasteiger charge is 2.19. The molecule has 1 aliphatic rings. The number of fused-ring (bicyclic) bond motifs is 1. The van der Waals surface area contributed by atoms with Crippen molar-refractivity contribution in [3.05, 3.63) is 42.0 Å². The van der Waals surface area contributed by atoms with E-state index in [2.05, 4.69) is 5.32 Å². The number of hydrogen-bond donors (Lipinski definition) is 3. The third-order valence-electron chi connectivity index (χ3n) is 2.89. The Morgan fingerprint density at radius 2 is 1.95 bits per heavy atom. The molecule has 102 valence electrons. The lowest BCUT2D eigenvalue weighted by Crippen LogP contribution is -2.14. The molecule has 4 N–H and O–H groups in total. The van der Waals surface area contributed by atoms with E-state index in [9.17, 15) is 9.90 Å². The summed E-state index contributed by atoms with van der Waals surface area (Å²) in [7, 11) is 0. The Kier molecular flexibility index (Phi) is 2.83. The number of phenolic OH excluding ortho intramolecular Hbond substituents is 1. The van der Waals surface area contributed by atoms with Crippen molar-refractivity contribution < 1.29 is 19.4 Å². The number of anilines is 2. The first-order valence-corrected chi connectivity index (χ1v) is 5.93. The lowest BCUT2D eigenvalue weighted by molar-refractivity contribution is 0.102. The van der Waals surface area contributed by atoms with Crippen molar-refractivity contribution in [1.82, 2.24) is 0 Å². The second-order valence-electron chi connectivity index (χ2n) is 4.30. The lowest BCUT2D eigenvalue weighted by Gasteiger charge is -2.09. The zero-order chi connectivity index (χ0) is 14.1. The minimum absolute atomic E-state index is 0.0708. The zero-order valence-electron chi connectivity index (χ0n) is 10.4. The van der Waals surface area contributed by atoms with E-state index >= 15 is 0 Å². The van der Waals surface area contributed by atoms with E-state index in [1.807, 2.05) is 0 Å². The van der Waals surface area contributed by atoms with Crippen molar-refractivity contribution in [1.29, 1.82) is 0 Å². The van der Waals surface area contributed by atoms with Gasteiger partial charge in [0, 0.05) is 23.5 Å². The van der Waals surface area contributed by atoms with Gasteiger partial charge in [0.05, 0.1) is 5.56 Å². The number of hydrogen-bond acceptors (Lipinski definition) is 5. The summed E-state index contributed by atoms with van der Waals surface area (Å²) in [6, 6.07) is 9.36. The number of nitrogens with one attached hydrogen (secondary N) is 1. The number of nitrogen functional groups attached to an aromatic ring is 1. The Balaban J connectivity index is 1.87. The van der Waals surface area contributed by atoms with E-state index in [1.165, 1.54) is 18.2 Å². The standard InChI is InChI=1S/C14H12N2O4/c15-11-6-13-12(19-7-20-13)5-10(11)14(18)16-8-2-1-3-9(17)4-8/h1-6,17H,7,15H2,(H,16,18). The van der Waals surface area contributed by atoms with Gasteiger partial charge in [-0.05, 0) is 18.2 Å². The third-order valence-corrected chi connectivity index (χ3v) is 2.89. The predicted octanol–water partition coefficient (Wildman–Crippen LogP) is 1.96. The van der Waals surface area contributed by atoms with Gasteiger partial charge in [0.2, 0.25) is 6.79 Å². The molecular weight excluding hydrogens is 260 g/mol. The number of benzene rings is 2. The molecule has 1 aliphatic heterocycles. The highest BCUT2D eigenvalue weighted by Crippen LogP contribution is 2.36. The number of carbonyl (C=O) groups is 1. The van der Waals surface area contributed by atoms with Crippen LogP contribution >= 0.6 is 0 Å². The molecule has 2 aromatic rings. The van der Waals surface area contributed by atoms with Crippen LogP contribution in [0.5, 0.6) is 17.2 Å². The maximum Gasteiger partial charge on any atom is 0.257 e. The highest BCUT2D eigenvalue weighted by atomic mass is 16.7. The SMILES string of the molecule is Nc1cc2c(cc1C(=O)Nc1cccc(O)c1)OCO2. The van der Waals surface area contributed by atoms with Crippen LogP contribution in [0.2, 0.25) is 0 Å². The first-order chi connectivity index (χ1) is 9.63. The van der Waals surface area contributed by atoms with Gasteiger partial charge in [0.15, 0.2) is 11.5 Å². The molecule has 0 aliphatic carbocycles. The maximum absolute atomic E-state index is 12.2. The Labute approximate surface area is 114 Å². The van der Waals surface area contributed by atoms with Gasteiger partial charge in [-0.3, -0.25) is 4.79 Å². The van der Waals surface area contributed by atoms with Crippen LogP contribution in [-0.4, -0.2) is 17.8 Å². The first-order valence-electron chi connectivity index (χ1n) is 5.93. The minimum Gasteiger partial charge on any atom is -0.508 e. The number of rotatable bonds is 2. The molecule has 0 bridgehead atoms. The van der Waals surface area contributed by atoms with Crippen LogP contribution in [0.4, 0.5) is 11.4 Å². The summed E-state index contributed by atoms with van der Waals surface area (Å²) >= 11 is 0. The van der Waals surface area contributed by atoms with E-state index in [0.29, 0.717) is 22.9 Å². The van der Waals surface area contributed by atoms with Crippen molar-refractivity contribution in [3.8, 4) is 17.2 Å². The van der Waals surface area contributed by atoms with Crippen LogP contribution in [0.25, 0.3) is 0 Å². The largest absolute Gasteiger partial charge is 0.508 e. The molecule has 0 saturated heterocycles. The number of ether oxygens (including phenoxy) is 2. The van der Waals surface area contributed by atoms with Crippen molar-refractivity contribution in [2.75, 3.05) is 17.8 Å². The molecule has 6 nitrogen and oxygen atoms in total. The fraction of sp³-hybridized carbons (Fsp3) is 0.0714. The summed E-state index contributed by atoms with van der Waals surface area (Å²) in [4.78, 5) is 12.2. The second kappa shape index (κ2) is 4.65. The van der Waals surface area contributed by atoms with Gasteiger partial charge in [-0.1, -0.05) is 6.07 Å². The molecule has 1 amide bonds. The van der Waals surface area contributed by atoms with Gasteiger partial charge in [-0.25, -0.2) is 0 Å². The first kappa shape index (κ1) is 12.2. The van der Waals surface area contributed by atoms with Crippen LogP contribution in [0.15, 0.2) is 36.4 Å². The van der Waals surface area contributed by atoms with Crippen LogP contribution < -0.4 is 20.5 Å². The number of phenols is 1. The van der Waals surface area contributed by atoms with Gasteiger partial charge in [-0.15, -0.1) is 0 Å². The maximum atomic E-state index is 12.2. The van der Waals surface area contributed by atoms with Crippen LogP contribution in [0, 0.1) is 0 Å². The molecule has 0 saturated carbocycles. The molecule has 0 fully saturated rings. The quantitative estimate of drug-likeness (QED) is 0.726. The van der Waals surface area contributed by atoms with Gasteiger partial charge in [0.1, 0.15) is 5.75 Å². The zero-order valence-corrected chi connectivity index (χ0v) is 10.4. The number of amides is 1. The molecule has 1 heterocycles. The Morgan fingerprint density at radius 1 is 1.20 bits per heavy atom. The van der Waals surface area contributed by atoms with Crippen molar-refractivity contribution >= 4 is 17.3 Å². The monoisotopic (exact) mass is 272 g/mol. The molecule has 0 atom stereocenters. The normalized spacial score (nSPS) is 12.2. The summed E-state index contributed by atoms with van der Waals surface area (Å²) in [5, 5.41) is 12.0. The number of carbonyl (C=O) groups excluding carboxylic acids is 1. The third kappa shape index (κ3) is 2.18. The topological polar surface area (TPSA) is 93.8 Å². The average molecular weight is 272 g/mol. The van der Waals surface area contributed by atoms with Crippen molar-refractivity contribution in [3.63, 3.8) is 0 Å². The Bertz CT molecular complexity index is 685. The minimum atomic E-state index is -0.383. The molecule has 0 aromatic heterocycles. The molecule has 0 spiro atoms. The molecule has 2 aromatic carbocycles. The van der Waals surface area contributed by atoms with E-state index in [1.54, 1.807) is 18.2 Å². The molecule has 6 heteroatoms. The molecular formula is C14H12N2O4. The molecule has 20 heavy (non-hydrogen) atoms. The number of nitrogens with two attached hydrogens (primary N) is 1. The van der Waals surface area contributed by atoms with Crippen LogP contribution in [-0.2, 0) is 0 Å². The number of aromatic hydroxyl groups is 1. The summed E-state index contributed by atoms with van der Waals surface area (Å²) in [6.07, 6.45) is 0. The molecule has 0 radical (unpaired) electrons. The van der Waals surface area contributed by atoms with E-state index in [4.69, 9.17) is 15.2 Å². The summed E-state index contributed by atoms with van der Waals surface area (Å²) in [5.41, 5.74) is 6.90. The molecule has 3 rings (SSSR count). The van der Waals surface area contributed by atoms with Gasteiger partial charge >= 0.3 is 0 Å². The fourth-order valence-corrected chi connectivity index (χ4v) is 1.94. The predicted molar refractivity (Wildman–Crippen MR) is 73.0 cm³/mol. The lowest BCUT2D eigenvalue weighted by atomic mass is 10.1. The van der Waals surface area contributed by atoms with Crippen molar-refractivity contribution in [2.24, 2.45) is 0 Å². The summed E-state index contributed by atoms with van der Waals surface area (Å²) in [5.74, 6) is 0.699. The average Bonchev–Trinajstić information content (AvgIpc) is 2.84. The van der Waals surface area contributed by atoms with E-state index in [-0.39, 0.29) is 24.0 Å². The highest BCUT2D eigenvalue weighted by molar-refractivity contribution is 6.08.